The predicted octanol–water partition coefficient (Wildman–Crippen LogP) is 3.55. The lowest BCUT2D eigenvalue weighted by Crippen LogP contribution is -2.48. The number of hydrogen-bond donors (Lipinski definition) is 2. The molecule has 31 heavy (non-hydrogen) atoms. The van der Waals surface area contributed by atoms with Crippen LogP contribution in [0.5, 0.6) is 11.5 Å². The SMILES string of the molecule is CCOc1ccc(C2(CNC(=NC)NCCc3ccccc3OC)CCOCC2)cc1. The summed E-state index contributed by atoms with van der Waals surface area (Å²) < 4.78 is 16.7. The highest BCUT2D eigenvalue weighted by molar-refractivity contribution is 5.79. The van der Waals surface area contributed by atoms with Gasteiger partial charge in [0.05, 0.1) is 13.7 Å². The summed E-state index contributed by atoms with van der Waals surface area (Å²) in [6.07, 6.45) is 2.82. The first-order valence-electron chi connectivity index (χ1n) is 11.1. The van der Waals surface area contributed by atoms with Crippen molar-refractivity contribution >= 4 is 5.96 Å². The van der Waals surface area contributed by atoms with Gasteiger partial charge in [-0.1, -0.05) is 30.3 Å². The van der Waals surface area contributed by atoms with Gasteiger partial charge in [0.2, 0.25) is 0 Å². The van der Waals surface area contributed by atoms with Crippen molar-refractivity contribution in [3.8, 4) is 11.5 Å². The topological polar surface area (TPSA) is 64.1 Å². The summed E-state index contributed by atoms with van der Waals surface area (Å²) in [6.45, 7) is 5.81. The van der Waals surface area contributed by atoms with Gasteiger partial charge in [0.15, 0.2) is 5.96 Å². The summed E-state index contributed by atoms with van der Waals surface area (Å²) in [6, 6.07) is 16.6. The molecule has 0 spiro atoms. The fourth-order valence-corrected chi connectivity index (χ4v) is 4.10. The average Bonchev–Trinajstić information content (AvgIpc) is 2.83. The highest BCUT2D eigenvalue weighted by Gasteiger charge is 2.34. The Morgan fingerprint density at radius 1 is 1.06 bits per heavy atom. The van der Waals surface area contributed by atoms with Crippen LogP contribution in [0, 0.1) is 0 Å². The Kier molecular flexibility index (Phi) is 8.59. The summed E-state index contributed by atoms with van der Waals surface area (Å²) >= 11 is 0. The van der Waals surface area contributed by atoms with E-state index in [4.69, 9.17) is 14.2 Å². The van der Waals surface area contributed by atoms with Crippen molar-refractivity contribution in [3.05, 3.63) is 59.7 Å². The van der Waals surface area contributed by atoms with E-state index in [2.05, 4.69) is 46.0 Å². The Labute approximate surface area is 186 Å². The molecule has 0 saturated carbocycles. The molecule has 3 rings (SSSR count). The molecule has 0 atom stereocenters. The molecule has 0 aromatic heterocycles. The largest absolute Gasteiger partial charge is 0.496 e. The third-order valence-electron chi connectivity index (χ3n) is 5.92. The van der Waals surface area contributed by atoms with Crippen LogP contribution in [-0.4, -0.2) is 53.0 Å². The molecule has 0 amide bonds. The van der Waals surface area contributed by atoms with Crippen molar-refractivity contribution in [1.29, 1.82) is 0 Å². The first kappa shape index (κ1) is 22.9. The maximum atomic E-state index is 5.67. The van der Waals surface area contributed by atoms with Crippen LogP contribution in [0.3, 0.4) is 0 Å². The molecule has 1 fully saturated rings. The number of nitrogens with zero attached hydrogens (tertiary/aromatic N) is 1. The molecule has 6 nitrogen and oxygen atoms in total. The number of nitrogens with one attached hydrogen (secondary N) is 2. The Morgan fingerprint density at radius 3 is 2.48 bits per heavy atom. The molecule has 1 aliphatic rings. The van der Waals surface area contributed by atoms with Crippen LogP contribution in [0.4, 0.5) is 0 Å². The monoisotopic (exact) mass is 425 g/mol. The molecule has 0 aliphatic carbocycles. The van der Waals surface area contributed by atoms with Crippen molar-refractivity contribution in [2.75, 3.05) is 47.1 Å². The molecule has 1 aliphatic heterocycles. The zero-order valence-electron chi connectivity index (χ0n) is 18.9. The Bertz CT molecular complexity index is 830. The molecule has 6 heteroatoms. The second-order valence-electron chi connectivity index (χ2n) is 7.76. The minimum absolute atomic E-state index is 0.0171. The number of aliphatic imine (C=N–C) groups is 1. The Balaban J connectivity index is 1.60. The molecule has 2 N–H and O–H groups in total. The van der Waals surface area contributed by atoms with Crippen LogP contribution in [0.1, 0.15) is 30.9 Å². The van der Waals surface area contributed by atoms with Gasteiger partial charge < -0.3 is 24.8 Å². The van der Waals surface area contributed by atoms with Gasteiger partial charge in [-0.25, -0.2) is 0 Å². The summed E-state index contributed by atoms with van der Waals surface area (Å²) in [4.78, 5) is 4.42. The lowest BCUT2D eigenvalue weighted by molar-refractivity contribution is 0.0513. The fourth-order valence-electron chi connectivity index (χ4n) is 4.10. The molecular formula is C25H35N3O3. The lowest BCUT2D eigenvalue weighted by Gasteiger charge is -2.38. The first-order chi connectivity index (χ1) is 15.2. The van der Waals surface area contributed by atoms with E-state index in [9.17, 15) is 0 Å². The third-order valence-corrected chi connectivity index (χ3v) is 5.92. The quantitative estimate of drug-likeness (QED) is 0.475. The molecular weight excluding hydrogens is 390 g/mol. The van der Waals surface area contributed by atoms with Crippen LogP contribution < -0.4 is 20.1 Å². The van der Waals surface area contributed by atoms with E-state index in [0.717, 1.165) is 63.0 Å². The van der Waals surface area contributed by atoms with Crippen LogP contribution in [0.2, 0.25) is 0 Å². The number of ether oxygens (including phenoxy) is 3. The van der Waals surface area contributed by atoms with Gasteiger partial charge in [-0.3, -0.25) is 4.99 Å². The van der Waals surface area contributed by atoms with Crippen LogP contribution in [-0.2, 0) is 16.6 Å². The van der Waals surface area contributed by atoms with E-state index in [1.807, 2.05) is 32.2 Å². The number of hydrogen-bond acceptors (Lipinski definition) is 4. The normalized spacial score (nSPS) is 15.9. The molecule has 0 unspecified atom stereocenters. The van der Waals surface area contributed by atoms with Gasteiger partial charge in [-0.2, -0.15) is 0 Å². The number of para-hydroxylation sites is 1. The van der Waals surface area contributed by atoms with E-state index < -0.39 is 0 Å². The number of methoxy groups -OCH3 is 1. The van der Waals surface area contributed by atoms with E-state index in [1.54, 1.807) is 7.11 Å². The van der Waals surface area contributed by atoms with Gasteiger partial charge in [-0.15, -0.1) is 0 Å². The highest BCUT2D eigenvalue weighted by atomic mass is 16.5. The van der Waals surface area contributed by atoms with Gasteiger partial charge in [-0.05, 0) is 55.5 Å². The van der Waals surface area contributed by atoms with Crippen molar-refractivity contribution in [1.82, 2.24) is 10.6 Å². The summed E-state index contributed by atoms with van der Waals surface area (Å²) in [5.41, 5.74) is 2.52. The zero-order valence-corrected chi connectivity index (χ0v) is 18.9. The van der Waals surface area contributed by atoms with Crippen molar-refractivity contribution in [3.63, 3.8) is 0 Å². The average molecular weight is 426 g/mol. The Hall–Kier alpha value is -2.73. The second kappa shape index (κ2) is 11.6. The predicted molar refractivity (Wildman–Crippen MR) is 125 cm³/mol. The van der Waals surface area contributed by atoms with Crippen molar-refractivity contribution in [2.24, 2.45) is 4.99 Å². The maximum absolute atomic E-state index is 5.67. The van der Waals surface area contributed by atoms with Crippen LogP contribution in [0.15, 0.2) is 53.5 Å². The first-order valence-corrected chi connectivity index (χ1v) is 11.1. The van der Waals surface area contributed by atoms with E-state index in [0.29, 0.717) is 6.61 Å². The van der Waals surface area contributed by atoms with Crippen LogP contribution >= 0.6 is 0 Å². The van der Waals surface area contributed by atoms with Crippen molar-refractivity contribution in [2.45, 2.75) is 31.6 Å². The smallest absolute Gasteiger partial charge is 0.191 e. The lowest BCUT2D eigenvalue weighted by atomic mass is 9.74. The van der Waals surface area contributed by atoms with Gasteiger partial charge >= 0.3 is 0 Å². The van der Waals surface area contributed by atoms with E-state index >= 15 is 0 Å². The minimum Gasteiger partial charge on any atom is -0.496 e. The molecule has 0 radical (unpaired) electrons. The van der Waals surface area contributed by atoms with Gasteiger partial charge in [0.1, 0.15) is 11.5 Å². The molecule has 0 bridgehead atoms. The molecule has 2 aromatic rings. The number of benzene rings is 2. The van der Waals surface area contributed by atoms with E-state index in [1.165, 1.54) is 11.1 Å². The van der Waals surface area contributed by atoms with E-state index in [-0.39, 0.29) is 5.41 Å². The zero-order chi connectivity index (χ0) is 21.9. The minimum atomic E-state index is 0.0171. The van der Waals surface area contributed by atoms with Crippen LogP contribution in [0.25, 0.3) is 0 Å². The fraction of sp³-hybridized carbons (Fsp3) is 0.480. The third kappa shape index (κ3) is 6.14. The summed E-state index contributed by atoms with van der Waals surface area (Å²) in [5.74, 6) is 2.64. The maximum Gasteiger partial charge on any atom is 0.191 e. The number of guanidine groups is 1. The molecule has 2 aromatic carbocycles. The second-order valence-corrected chi connectivity index (χ2v) is 7.76. The van der Waals surface area contributed by atoms with Gasteiger partial charge in [0, 0.05) is 38.8 Å². The highest BCUT2D eigenvalue weighted by Crippen LogP contribution is 2.35. The number of rotatable bonds is 9. The van der Waals surface area contributed by atoms with Gasteiger partial charge in [0.25, 0.3) is 0 Å². The molecule has 168 valence electrons. The Morgan fingerprint density at radius 2 is 1.81 bits per heavy atom. The summed E-state index contributed by atoms with van der Waals surface area (Å²) in [7, 11) is 3.52. The standard InChI is InChI=1S/C25H35N3O3/c1-4-31-22-11-9-21(10-12-22)25(14-17-30-18-15-25)19-28-24(26-2)27-16-13-20-7-5-6-8-23(20)29-3/h5-12H,4,13-19H2,1-3H3,(H2,26,27,28). The summed E-state index contributed by atoms with van der Waals surface area (Å²) in [5, 5.41) is 6.99. The van der Waals surface area contributed by atoms with Crippen molar-refractivity contribution < 1.29 is 14.2 Å². The molecule has 1 saturated heterocycles. The molecule has 1 heterocycles.